The van der Waals surface area contributed by atoms with Crippen LogP contribution in [0.15, 0.2) is 24.3 Å². The highest BCUT2D eigenvalue weighted by Gasteiger charge is 2.12. The lowest BCUT2D eigenvalue weighted by Gasteiger charge is -2.17. The maximum Gasteiger partial charge on any atom is 0.319 e. The van der Waals surface area contributed by atoms with Gasteiger partial charge in [-0.2, -0.15) is 11.8 Å². The molecule has 0 heterocycles. The zero-order valence-electron chi connectivity index (χ0n) is 10.1. The second-order valence-corrected chi connectivity index (χ2v) is 5.06. The molecule has 1 atom stereocenters. The van der Waals surface area contributed by atoms with Gasteiger partial charge in [0.25, 0.3) is 0 Å². The molecular weight excluding hydrogens is 272 g/mol. The number of halogens is 1. The summed E-state index contributed by atoms with van der Waals surface area (Å²) in [5.41, 5.74) is 0.573. The van der Waals surface area contributed by atoms with E-state index in [2.05, 4.69) is 10.6 Å². The highest BCUT2D eigenvalue weighted by molar-refractivity contribution is 7.98. The Bertz CT molecular complexity index is 384. The number of para-hydroxylation sites is 1. The van der Waals surface area contributed by atoms with E-state index in [1.165, 1.54) is 0 Å². The number of carbonyl (C=O) groups excluding carboxylic acids is 1. The average molecular weight is 289 g/mol. The van der Waals surface area contributed by atoms with Crippen LogP contribution >= 0.6 is 23.4 Å². The minimum absolute atomic E-state index is 0.0486. The number of amides is 2. The standard InChI is InChI=1S/C12H17ClN2O2S/c1-18-8-9(6-7-16)14-12(17)15-11-5-3-2-4-10(11)13/h2-5,9,16H,6-8H2,1H3,(H2,14,15,17). The van der Waals surface area contributed by atoms with Crippen LogP contribution in [0.2, 0.25) is 5.02 Å². The zero-order chi connectivity index (χ0) is 13.4. The lowest BCUT2D eigenvalue weighted by molar-refractivity contribution is 0.241. The van der Waals surface area contributed by atoms with Crippen molar-refractivity contribution in [2.24, 2.45) is 0 Å². The molecule has 0 radical (unpaired) electrons. The molecule has 3 N–H and O–H groups in total. The van der Waals surface area contributed by atoms with Crippen LogP contribution in [0.25, 0.3) is 0 Å². The van der Waals surface area contributed by atoms with E-state index < -0.39 is 0 Å². The average Bonchev–Trinajstić information content (AvgIpc) is 2.33. The summed E-state index contributed by atoms with van der Waals surface area (Å²) in [6.45, 7) is 0.0532. The van der Waals surface area contributed by atoms with Gasteiger partial charge in [0.15, 0.2) is 0 Å². The summed E-state index contributed by atoms with van der Waals surface area (Å²) < 4.78 is 0. The lowest BCUT2D eigenvalue weighted by atomic mass is 10.2. The maximum absolute atomic E-state index is 11.8. The largest absolute Gasteiger partial charge is 0.396 e. The fourth-order valence-corrected chi connectivity index (χ4v) is 2.30. The van der Waals surface area contributed by atoms with Crippen molar-refractivity contribution in [3.8, 4) is 0 Å². The molecule has 6 heteroatoms. The van der Waals surface area contributed by atoms with E-state index in [1.807, 2.05) is 6.26 Å². The topological polar surface area (TPSA) is 61.4 Å². The van der Waals surface area contributed by atoms with Crippen molar-refractivity contribution in [1.29, 1.82) is 0 Å². The van der Waals surface area contributed by atoms with Gasteiger partial charge >= 0.3 is 6.03 Å². The Morgan fingerprint density at radius 1 is 1.50 bits per heavy atom. The number of rotatable bonds is 6. The molecule has 1 aromatic rings. The summed E-state index contributed by atoms with van der Waals surface area (Å²) in [7, 11) is 0. The third-order valence-electron chi connectivity index (χ3n) is 2.30. The Labute approximate surface area is 116 Å². The van der Waals surface area contributed by atoms with Gasteiger partial charge in [-0.3, -0.25) is 0 Å². The van der Waals surface area contributed by atoms with Gasteiger partial charge in [0.1, 0.15) is 0 Å². The Balaban J connectivity index is 2.52. The van der Waals surface area contributed by atoms with Gasteiger partial charge in [-0.25, -0.2) is 4.79 Å². The van der Waals surface area contributed by atoms with Gasteiger partial charge in [-0.05, 0) is 24.8 Å². The summed E-state index contributed by atoms with van der Waals surface area (Å²) in [5.74, 6) is 0.760. The Morgan fingerprint density at radius 3 is 2.83 bits per heavy atom. The molecule has 1 rings (SSSR count). The molecule has 100 valence electrons. The van der Waals surface area contributed by atoms with E-state index in [0.29, 0.717) is 17.1 Å². The first kappa shape index (κ1) is 15.1. The number of thioether (sulfide) groups is 1. The zero-order valence-corrected chi connectivity index (χ0v) is 11.7. The number of hydrogen-bond acceptors (Lipinski definition) is 3. The van der Waals surface area contributed by atoms with Crippen molar-refractivity contribution >= 4 is 35.1 Å². The van der Waals surface area contributed by atoms with Crippen molar-refractivity contribution in [2.75, 3.05) is 23.9 Å². The van der Waals surface area contributed by atoms with Crippen LogP contribution in [0, 0.1) is 0 Å². The van der Waals surface area contributed by atoms with E-state index in [-0.39, 0.29) is 18.7 Å². The van der Waals surface area contributed by atoms with Gasteiger partial charge < -0.3 is 15.7 Å². The van der Waals surface area contributed by atoms with Gasteiger partial charge in [-0.15, -0.1) is 0 Å². The SMILES string of the molecule is CSCC(CCO)NC(=O)Nc1ccccc1Cl. The number of urea groups is 1. The maximum atomic E-state index is 11.8. The molecule has 4 nitrogen and oxygen atoms in total. The number of aliphatic hydroxyl groups is 1. The molecule has 1 unspecified atom stereocenters. The number of nitrogens with one attached hydrogen (secondary N) is 2. The lowest BCUT2D eigenvalue weighted by Crippen LogP contribution is -2.40. The van der Waals surface area contributed by atoms with Gasteiger partial charge in [0.05, 0.1) is 10.7 Å². The predicted molar refractivity (Wildman–Crippen MR) is 77.5 cm³/mol. The monoisotopic (exact) mass is 288 g/mol. The predicted octanol–water partition coefficient (Wildman–Crippen LogP) is 2.58. The molecule has 0 aliphatic rings. The van der Waals surface area contributed by atoms with Gasteiger partial charge in [-0.1, -0.05) is 23.7 Å². The molecule has 0 fully saturated rings. The molecule has 0 bridgehead atoms. The van der Waals surface area contributed by atoms with Crippen molar-refractivity contribution in [2.45, 2.75) is 12.5 Å². The molecule has 0 aliphatic carbocycles. The molecule has 18 heavy (non-hydrogen) atoms. The fraction of sp³-hybridized carbons (Fsp3) is 0.417. The first-order valence-corrected chi connectivity index (χ1v) is 7.36. The molecule has 0 saturated carbocycles. The molecular formula is C12H17ClN2O2S. The Kier molecular flexibility index (Phi) is 6.93. The molecule has 2 amide bonds. The normalized spacial score (nSPS) is 11.9. The summed E-state index contributed by atoms with van der Waals surface area (Å²) in [5, 5.41) is 14.9. The highest BCUT2D eigenvalue weighted by atomic mass is 35.5. The van der Waals surface area contributed by atoms with Crippen LogP contribution in [0.3, 0.4) is 0 Å². The number of benzene rings is 1. The fourth-order valence-electron chi connectivity index (χ4n) is 1.46. The van der Waals surface area contributed by atoms with E-state index in [1.54, 1.807) is 36.0 Å². The van der Waals surface area contributed by atoms with Crippen molar-refractivity contribution < 1.29 is 9.90 Å². The third kappa shape index (κ3) is 5.16. The third-order valence-corrected chi connectivity index (χ3v) is 3.37. The summed E-state index contributed by atoms with van der Waals surface area (Å²) in [6, 6.07) is 6.69. The highest BCUT2D eigenvalue weighted by Crippen LogP contribution is 2.20. The summed E-state index contributed by atoms with van der Waals surface area (Å²) >= 11 is 7.56. The minimum Gasteiger partial charge on any atom is -0.396 e. The van der Waals surface area contributed by atoms with Crippen LogP contribution in [-0.2, 0) is 0 Å². The van der Waals surface area contributed by atoms with Crippen molar-refractivity contribution in [3.63, 3.8) is 0 Å². The van der Waals surface area contributed by atoms with Crippen LogP contribution in [0.1, 0.15) is 6.42 Å². The van der Waals surface area contributed by atoms with E-state index in [9.17, 15) is 4.79 Å². The molecule has 0 aliphatic heterocycles. The van der Waals surface area contributed by atoms with Gasteiger partial charge in [0, 0.05) is 18.4 Å². The molecule has 0 aromatic heterocycles. The van der Waals surface area contributed by atoms with E-state index in [4.69, 9.17) is 16.7 Å². The Morgan fingerprint density at radius 2 is 2.22 bits per heavy atom. The number of aliphatic hydroxyl groups excluding tert-OH is 1. The van der Waals surface area contributed by atoms with E-state index >= 15 is 0 Å². The number of anilines is 1. The minimum atomic E-state index is -0.310. The van der Waals surface area contributed by atoms with Crippen molar-refractivity contribution in [1.82, 2.24) is 5.32 Å². The second-order valence-electron chi connectivity index (χ2n) is 3.74. The van der Waals surface area contributed by atoms with Crippen LogP contribution in [-0.4, -0.2) is 35.8 Å². The first-order valence-electron chi connectivity index (χ1n) is 5.59. The van der Waals surface area contributed by atoms with Crippen LogP contribution < -0.4 is 10.6 Å². The quantitative estimate of drug-likeness (QED) is 0.754. The summed E-state index contributed by atoms with van der Waals surface area (Å²) in [4.78, 5) is 11.8. The van der Waals surface area contributed by atoms with E-state index in [0.717, 1.165) is 5.75 Å². The smallest absolute Gasteiger partial charge is 0.319 e. The van der Waals surface area contributed by atoms with Crippen molar-refractivity contribution in [3.05, 3.63) is 29.3 Å². The number of hydrogen-bond donors (Lipinski definition) is 3. The van der Waals surface area contributed by atoms with Crippen LogP contribution in [0.5, 0.6) is 0 Å². The molecule has 1 aromatic carbocycles. The first-order chi connectivity index (χ1) is 8.67. The van der Waals surface area contributed by atoms with Gasteiger partial charge in [0.2, 0.25) is 0 Å². The molecule has 0 saturated heterocycles. The second kappa shape index (κ2) is 8.24. The molecule has 0 spiro atoms. The Hall–Kier alpha value is -0.910. The number of carbonyl (C=O) groups is 1. The summed E-state index contributed by atoms with van der Waals surface area (Å²) in [6.07, 6.45) is 2.49. The van der Waals surface area contributed by atoms with Crippen LogP contribution in [0.4, 0.5) is 10.5 Å².